The number of para-hydroxylation sites is 1. The van der Waals surface area contributed by atoms with Crippen LogP contribution >= 0.6 is 11.8 Å². The predicted molar refractivity (Wildman–Crippen MR) is 103 cm³/mol. The zero-order valence-electron chi connectivity index (χ0n) is 12.8. The van der Waals surface area contributed by atoms with E-state index >= 15 is 0 Å². The van der Waals surface area contributed by atoms with Gasteiger partial charge in [-0.05, 0) is 40.8 Å². The first-order valence-corrected chi connectivity index (χ1v) is 8.94. The van der Waals surface area contributed by atoms with Crippen molar-refractivity contribution in [2.45, 2.75) is 9.79 Å². The van der Waals surface area contributed by atoms with Gasteiger partial charge in [-0.25, -0.2) is 0 Å². The van der Waals surface area contributed by atoms with Crippen molar-refractivity contribution in [2.24, 2.45) is 0 Å². The summed E-state index contributed by atoms with van der Waals surface area (Å²) in [5, 5.41) is 5.31. The van der Waals surface area contributed by atoms with Gasteiger partial charge in [-0.3, -0.25) is 0 Å². The number of rotatable bonds is 0. The molecule has 0 aliphatic carbocycles. The number of hydrogen-bond acceptors (Lipinski definition) is 1. The summed E-state index contributed by atoms with van der Waals surface area (Å²) in [6.45, 7) is 0. The lowest BCUT2D eigenvalue weighted by Gasteiger charge is -2.20. The van der Waals surface area contributed by atoms with E-state index in [4.69, 9.17) is 0 Å². The van der Waals surface area contributed by atoms with E-state index in [1.165, 1.54) is 53.5 Å². The molecule has 0 amide bonds. The molecule has 0 saturated carbocycles. The van der Waals surface area contributed by atoms with Gasteiger partial charge < -0.3 is 4.98 Å². The molecule has 0 saturated heterocycles. The summed E-state index contributed by atoms with van der Waals surface area (Å²) in [4.78, 5) is 6.25. The Hall–Kier alpha value is -2.71. The van der Waals surface area contributed by atoms with E-state index in [1.807, 2.05) is 11.8 Å². The van der Waals surface area contributed by atoms with Crippen molar-refractivity contribution in [3.63, 3.8) is 0 Å². The highest BCUT2D eigenvalue weighted by molar-refractivity contribution is 7.99. The average Bonchev–Trinajstić information content (AvgIpc) is 2.98. The molecule has 1 aliphatic rings. The summed E-state index contributed by atoms with van der Waals surface area (Å²) < 4.78 is 0. The predicted octanol–water partition coefficient (Wildman–Crippen LogP) is 6.61. The van der Waals surface area contributed by atoms with Gasteiger partial charge in [0.05, 0.1) is 0 Å². The van der Waals surface area contributed by atoms with Crippen LogP contribution in [0, 0.1) is 0 Å². The lowest BCUT2D eigenvalue weighted by molar-refractivity contribution is 1.40. The van der Waals surface area contributed by atoms with Crippen molar-refractivity contribution in [1.29, 1.82) is 0 Å². The molecular formula is C22H13NS. The molecule has 0 fully saturated rings. The second-order valence-corrected chi connectivity index (χ2v) is 7.41. The van der Waals surface area contributed by atoms with Crippen LogP contribution in [0.4, 0.5) is 0 Å². The number of aromatic nitrogens is 1. The van der Waals surface area contributed by atoms with E-state index in [1.54, 1.807) is 0 Å². The summed E-state index contributed by atoms with van der Waals surface area (Å²) in [5.74, 6) is 0. The number of benzene rings is 4. The quantitative estimate of drug-likeness (QED) is 0.333. The van der Waals surface area contributed by atoms with E-state index < -0.39 is 0 Å². The third-order valence-electron chi connectivity index (χ3n) is 4.98. The fraction of sp³-hybridized carbons (Fsp3) is 0. The third kappa shape index (κ3) is 1.56. The van der Waals surface area contributed by atoms with E-state index in [9.17, 15) is 0 Å². The normalized spacial score (nSPS) is 12.8. The molecule has 24 heavy (non-hydrogen) atoms. The van der Waals surface area contributed by atoms with Crippen LogP contribution in [-0.2, 0) is 0 Å². The standard InChI is InChI=1S/C22H13NS/c1-2-9-18-14(7-1)16-11-17-15-8-3-5-13-6-4-10-20(22(13)15)24-21(17)12-19(16)23-18/h1-12,23H. The molecule has 0 atom stereocenters. The molecule has 112 valence electrons. The first-order valence-electron chi connectivity index (χ1n) is 8.13. The largest absolute Gasteiger partial charge is 0.354 e. The lowest BCUT2D eigenvalue weighted by atomic mass is 9.96. The molecule has 0 radical (unpaired) electrons. The number of fused-ring (bicyclic) bond motifs is 5. The Morgan fingerprint density at radius 2 is 1.50 bits per heavy atom. The average molecular weight is 323 g/mol. The van der Waals surface area contributed by atoms with Crippen LogP contribution in [0.25, 0.3) is 43.7 Å². The van der Waals surface area contributed by atoms with Gasteiger partial charge in [-0.1, -0.05) is 60.3 Å². The summed E-state index contributed by atoms with van der Waals surface area (Å²) in [7, 11) is 0. The second kappa shape index (κ2) is 4.43. The molecule has 1 aromatic heterocycles. The Kier molecular flexibility index (Phi) is 2.34. The minimum atomic E-state index is 1.20. The van der Waals surface area contributed by atoms with Crippen LogP contribution in [0.2, 0.25) is 0 Å². The number of hydrogen-bond donors (Lipinski definition) is 1. The van der Waals surface area contributed by atoms with Crippen molar-refractivity contribution in [3.05, 3.63) is 72.8 Å². The van der Waals surface area contributed by atoms with Gasteiger partial charge in [-0.2, -0.15) is 0 Å². The maximum absolute atomic E-state index is 3.56. The Morgan fingerprint density at radius 1 is 0.625 bits per heavy atom. The molecule has 5 aromatic rings. The van der Waals surface area contributed by atoms with Crippen LogP contribution in [0.5, 0.6) is 0 Å². The van der Waals surface area contributed by atoms with Crippen molar-refractivity contribution in [1.82, 2.24) is 4.98 Å². The van der Waals surface area contributed by atoms with Gasteiger partial charge in [0.2, 0.25) is 0 Å². The van der Waals surface area contributed by atoms with E-state index in [2.05, 4.69) is 77.8 Å². The molecule has 1 aliphatic heterocycles. The Morgan fingerprint density at radius 3 is 2.46 bits per heavy atom. The molecule has 6 rings (SSSR count). The molecule has 0 spiro atoms. The summed E-state index contributed by atoms with van der Waals surface area (Å²) in [6.07, 6.45) is 0. The number of aromatic amines is 1. The topological polar surface area (TPSA) is 15.8 Å². The van der Waals surface area contributed by atoms with E-state index in [0.29, 0.717) is 0 Å². The number of H-pyrrole nitrogens is 1. The molecule has 0 unspecified atom stereocenters. The van der Waals surface area contributed by atoms with Crippen molar-refractivity contribution in [3.8, 4) is 11.1 Å². The highest BCUT2D eigenvalue weighted by Crippen LogP contribution is 2.49. The van der Waals surface area contributed by atoms with Gasteiger partial charge in [0.25, 0.3) is 0 Å². The van der Waals surface area contributed by atoms with Crippen molar-refractivity contribution in [2.75, 3.05) is 0 Å². The molecule has 2 heteroatoms. The van der Waals surface area contributed by atoms with Crippen LogP contribution in [-0.4, -0.2) is 4.98 Å². The smallest absolute Gasteiger partial charge is 0.0476 e. The summed E-state index contributed by atoms with van der Waals surface area (Å²) in [5.41, 5.74) is 5.12. The highest BCUT2D eigenvalue weighted by atomic mass is 32.2. The van der Waals surface area contributed by atoms with Gasteiger partial charge >= 0.3 is 0 Å². The van der Waals surface area contributed by atoms with Crippen LogP contribution in [0.1, 0.15) is 0 Å². The Labute approximate surface area is 143 Å². The maximum atomic E-state index is 3.56. The SMILES string of the molecule is c1cc2c3c(cccc3c1)-c1cc3c(cc1S2)[nH]c1ccccc13. The fourth-order valence-corrected chi connectivity index (χ4v) is 5.08. The molecule has 1 nitrogen and oxygen atoms in total. The van der Waals surface area contributed by atoms with Gasteiger partial charge in [0.1, 0.15) is 0 Å². The van der Waals surface area contributed by atoms with Gasteiger partial charge in [-0.15, -0.1) is 0 Å². The lowest BCUT2D eigenvalue weighted by Crippen LogP contribution is -1.92. The minimum absolute atomic E-state index is 1.20. The zero-order valence-corrected chi connectivity index (χ0v) is 13.7. The fourth-order valence-electron chi connectivity index (χ4n) is 3.91. The monoisotopic (exact) mass is 323 g/mol. The van der Waals surface area contributed by atoms with Crippen LogP contribution in [0.15, 0.2) is 82.6 Å². The maximum Gasteiger partial charge on any atom is 0.0476 e. The highest BCUT2D eigenvalue weighted by Gasteiger charge is 2.20. The zero-order chi connectivity index (χ0) is 15.7. The third-order valence-corrected chi connectivity index (χ3v) is 6.10. The Balaban J connectivity index is 1.78. The second-order valence-electron chi connectivity index (χ2n) is 6.33. The van der Waals surface area contributed by atoms with Crippen LogP contribution in [0.3, 0.4) is 0 Å². The number of nitrogens with one attached hydrogen (secondary N) is 1. The first-order chi connectivity index (χ1) is 11.9. The molecular weight excluding hydrogens is 310 g/mol. The minimum Gasteiger partial charge on any atom is -0.354 e. The summed E-state index contributed by atoms with van der Waals surface area (Å²) in [6, 6.07) is 26.4. The van der Waals surface area contributed by atoms with Crippen LogP contribution < -0.4 is 0 Å². The molecule has 1 N–H and O–H groups in total. The van der Waals surface area contributed by atoms with Gasteiger partial charge in [0, 0.05) is 37.0 Å². The first kappa shape index (κ1) is 12.7. The Bertz CT molecular complexity index is 1270. The van der Waals surface area contributed by atoms with Gasteiger partial charge in [0.15, 0.2) is 0 Å². The van der Waals surface area contributed by atoms with E-state index in [-0.39, 0.29) is 0 Å². The summed E-state index contributed by atoms with van der Waals surface area (Å²) >= 11 is 1.88. The van der Waals surface area contributed by atoms with Crippen molar-refractivity contribution < 1.29 is 0 Å². The van der Waals surface area contributed by atoms with E-state index in [0.717, 1.165) is 0 Å². The van der Waals surface area contributed by atoms with Crippen molar-refractivity contribution >= 4 is 44.3 Å². The molecule has 2 heterocycles. The molecule has 4 aromatic carbocycles. The molecule has 0 bridgehead atoms.